The summed E-state index contributed by atoms with van der Waals surface area (Å²) in [7, 11) is 0. The van der Waals surface area contributed by atoms with Gasteiger partial charge in [-0.15, -0.1) is 0 Å². The lowest BCUT2D eigenvalue weighted by atomic mass is 10.1. The zero-order valence-electron chi connectivity index (χ0n) is 14.2. The summed E-state index contributed by atoms with van der Waals surface area (Å²) < 4.78 is 4.95. The Labute approximate surface area is 145 Å². The molecule has 0 bridgehead atoms. The maximum absolute atomic E-state index is 11.6. The predicted molar refractivity (Wildman–Crippen MR) is 97.0 cm³/mol. The van der Waals surface area contributed by atoms with Crippen molar-refractivity contribution in [3.63, 3.8) is 0 Å². The first-order valence-corrected chi connectivity index (χ1v) is 8.34. The molecule has 7 nitrogen and oxygen atoms in total. The number of nitrogens with two attached hydrogens (primary N) is 1. The average Bonchev–Trinajstić information content (AvgIpc) is 2.63. The molecule has 3 rings (SSSR count). The molecule has 1 heterocycles. The molecule has 1 aliphatic heterocycles. The third-order valence-electron chi connectivity index (χ3n) is 4.47. The van der Waals surface area contributed by atoms with E-state index in [0.29, 0.717) is 25.4 Å². The monoisotopic (exact) mass is 343 g/mol. The standard InChI is InChI=1S/C18H21N3O4/c1-2-25-14(22)11-12-3-5-13(6-4-12)20-7-9-21(10-8-20)16-15(19)17(23)18(16)24/h3-6H,2,7-11,19H2,1H3. The Hall–Kier alpha value is -2.83. The van der Waals surface area contributed by atoms with E-state index in [4.69, 9.17) is 10.5 Å². The highest BCUT2D eigenvalue weighted by molar-refractivity contribution is 5.73. The van der Waals surface area contributed by atoms with E-state index in [9.17, 15) is 14.4 Å². The summed E-state index contributed by atoms with van der Waals surface area (Å²) in [6.07, 6.45) is 0.269. The van der Waals surface area contributed by atoms with Crippen LogP contribution in [0, 0.1) is 0 Å². The number of carbonyl (C=O) groups is 1. The lowest BCUT2D eigenvalue weighted by molar-refractivity contribution is -0.142. The lowest BCUT2D eigenvalue weighted by Crippen LogP contribution is -2.51. The number of esters is 1. The number of rotatable bonds is 5. The highest BCUT2D eigenvalue weighted by atomic mass is 16.5. The van der Waals surface area contributed by atoms with Gasteiger partial charge in [0.1, 0.15) is 11.4 Å². The van der Waals surface area contributed by atoms with Crippen LogP contribution in [-0.4, -0.2) is 38.8 Å². The number of anilines is 3. The highest BCUT2D eigenvalue weighted by Gasteiger charge is 2.26. The van der Waals surface area contributed by atoms with Crippen LogP contribution in [0.5, 0.6) is 0 Å². The molecule has 25 heavy (non-hydrogen) atoms. The molecular formula is C18H21N3O4. The quantitative estimate of drug-likeness (QED) is 0.616. The fourth-order valence-electron chi connectivity index (χ4n) is 3.10. The van der Waals surface area contributed by atoms with Crippen molar-refractivity contribution in [2.75, 3.05) is 48.3 Å². The van der Waals surface area contributed by atoms with Crippen LogP contribution in [0.25, 0.3) is 0 Å². The molecule has 2 N–H and O–H groups in total. The second kappa shape index (κ2) is 6.96. The minimum absolute atomic E-state index is 0.0850. The molecule has 2 aromatic carbocycles. The van der Waals surface area contributed by atoms with E-state index in [-0.39, 0.29) is 18.1 Å². The van der Waals surface area contributed by atoms with E-state index in [1.54, 1.807) is 6.92 Å². The summed E-state index contributed by atoms with van der Waals surface area (Å²) in [6.45, 7) is 4.91. The van der Waals surface area contributed by atoms with Gasteiger partial charge in [0.25, 0.3) is 10.9 Å². The zero-order chi connectivity index (χ0) is 18.0. The van der Waals surface area contributed by atoms with Crippen molar-refractivity contribution in [1.29, 1.82) is 0 Å². The van der Waals surface area contributed by atoms with Crippen LogP contribution in [0.2, 0.25) is 0 Å². The largest absolute Gasteiger partial charge is 0.466 e. The molecule has 0 saturated carbocycles. The number of hydrogen-bond donors (Lipinski definition) is 1. The van der Waals surface area contributed by atoms with Crippen LogP contribution in [0.15, 0.2) is 33.9 Å². The van der Waals surface area contributed by atoms with Gasteiger partial charge in [0.2, 0.25) is 0 Å². The van der Waals surface area contributed by atoms with Gasteiger partial charge in [-0.05, 0) is 24.6 Å². The zero-order valence-corrected chi connectivity index (χ0v) is 14.2. The van der Waals surface area contributed by atoms with Crippen molar-refractivity contribution >= 4 is 23.0 Å². The molecular weight excluding hydrogens is 322 g/mol. The first-order valence-electron chi connectivity index (χ1n) is 8.34. The summed E-state index contributed by atoms with van der Waals surface area (Å²) in [4.78, 5) is 38.4. The lowest BCUT2D eigenvalue weighted by Gasteiger charge is -2.37. The molecule has 1 saturated heterocycles. The summed E-state index contributed by atoms with van der Waals surface area (Å²) in [5, 5.41) is 0. The number of nitrogen functional groups attached to an aromatic ring is 1. The Kier molecular flexibility index (Phi) is 4.74. The third kappa shape index (κ3) is 3.35. The molecule has 0 aromatic heterocycles. The van der Waals surface area contributed by atoms with Crippen molar-refractivity contribution in [3.05, 3.63) is 50.3 Å². The fourth-order valence-corrected chi connectivity index (χ4v) is 3.10. The topological polar surface area (TPSA) is 92.9 Å². The van der Waals surface area contributed by atoms with Gasteiger partial charge in [-0.25, -0.2) is 0 Å². The number of carbonyl (C=O) groups excluding carboxylic acids is 1. The number of benzene rings is 1. The maximum atomic E-state index is 11.6. The minimum atomic E-state index is -0.574. The van der Waals surface area contributed by atoms with Gasteiger partial charge in [-0.2, -0.15) is 0 Å². The van der Waals surface area contributed by atoms with Crippen molar-refractivity contribution < 1.29 is 9.53 Å². The van der Waals surface area contributed by atoms with Gasteiger partial charge in [0, 0.05) is 31.9 Å². The smallest absolute Gasteiger partial charge is 0.310 e. The molecule has 2 aromatic rings. The van der Waals surface area contributed by atoms with E-state index >= 15 is 0 Å². The summed E-state index contributed by atoms with van der Waals surface area (Å²) in [5.74, 6) is -0.227. The predicted octanol–water partition coefficient (Wildman–Crippen LogP) is 0.297. The molecule has 0 aliphatic carbocycles. The first-order chi connectivity index (χ1) is 12.0. The van der Waals surface area contributed by atoms with E-state index in [1.165, 1.54) is 0 Å². The summed E-state index contributed by atoms with van der Waals surface area (Å²) in [5.41, 5.74) is 7.00. The third-order valence-corrected chi connectivity index (χ3v) is 4.47. The summed E-state index contributed by atoms with van der Waals surface area (Å²) >= 11 is 0. The summed E-state index contributed by atoms with van der Waals surface area (Å²) in [6, 6.07) is 7.81. The van der Waals surface area contributed by atoms with Crippen LogP contribution < -0.4 is 26.4 Å². The number of hydrogen-bond acceptors (Lipinski definition) is 7. The van der Waals surface area contributed by atoms with E-state index < -0.39 is 10.9 Å². The fraction of sp³-hybridized carbons (Fsp3) is 0.389. The van der Waals surface area contributed by atoms with Gasteiger partial charge < -0.3 is 20.3 Å². The molecule has 1 aliphatic rings. The minimum Gasteiger partial charge on any atom is -0.466 e. The first kappa shape index (κ1) is 17.0. The Balaban J connectivity index is 1.59. The van der Waals surface area contributed by atoms with Gasteiger partial charge in [-0.1, -0.05) is 12.1 Å². The molecule has 7 heteroatoms. The van der Waals surface area contributed by atoms with E-state index in [2.05, 4.69) is 4.90 Å². The molecule has 132 valence electrons. The number of ether oxygens (including phenoxy) is 1. The number of nitrogens with zero attached hydrogens (tertiary/aromatic N) is 2. The van der Waals surface area contributed by atoms with Crippen molar-refractivity contribution in [3.8, 4) is 0 Å². The normalized spacial score (nSPS) is 14.8. The Morgan fingerprint density at radius 2 is 1.64 bits per heavy atom. The molecule has 0 unspecified atom stereocenters. The van der Waals surface area contributed by atoms with Crippen molar-refractivity contribution in [1.82, 2.24) is 0 Å². The van der Waals surface area contributed by atoms with E-state index in [1.807, 2.05) is 29.2 Å². The van der Waals surface area contributed by atoms with Crippen LogP contribution in [0.4, 0.5) is 17.1 Å². The van der Waals surface area contributed by atoms with Crippen LogP contribution in [-0.2, 0) is 16.0 Å². The molecule has 0 atom stereocenters. The highest BCUT2D eigenvalue weighted by Crippen LogP contribution is 2.22. The van der Waals surface area contributed by atoms with Crippen LogP contribution in [0.3, 0.4) is 0 Å². The molecule has 0 spiro atoms. The van der Waals surface area contributed by atoms with Crippen LogP contribution >= 0.6 is 0 Å². The number of piperazine rings is 1. The van der Waals surface area contributed by atoms with Gasteiger partial charge in [0.15, 0.2) is 0 Å². The van der Waals surface area contributed by atoms with Gasteiger partial charge >= 0.3 is 5.97 Å². The Bertz CT molecular complexity index is 829. The second-order valence-electron chi connectivity index (χ2n) is 6.04. The SMILES string of the molecule is CCOC(=O)Cc1ccc(N2CCN(c3c(N)c(=O)c3=O)CC2)cc1. The molecule has 0 radical (unpaired) electrons. The van der Waals surface area contributed by atoms with Crippen molar-refractivity contribution in [2.45, 2.75) is 13.3 Å². The Morgan fingerprint density at radius 3 is 2.20 bits per heavy atom. The Morgan fingerprint density at radius 1 is 1.04 bits per heavy atom. The molecule has 0 amide bonds. The van der Waals surface area contributed by atoms with Gasteiger partial charge in [-0.3, -0.25) is 14.4 Å². The van der Waals surface area contributed by atoms with Gasteiger partial charge in [0.05, 0.1) is 13.0 Å². The average molecular weight is 343 g/mol. The second-order valence-corrected chi connectivity index (χ2v) is 6.04. The van der Waals surface area contributed by atoms with Crippen LogP contribution in [0.1, 0.15) is 12.5 Å². The van der Waals surface area contributed by atoms with E-state index in [0.717, 1.165) is 24.3 Å². The molecule has 1 fully saturated rings. The van der Waals surface area contributed by atoms with Crippen molar-refractivity contribution in [2.24, 2.45) is 0 Å². The maximum Gasteiger partial charge on any atom is 0.310 e.